The van der Waals surface area contributed by atoms with Crippen LogP contribution in [0.25, 0.3) is 15.9 Å². The van der Waals surface area contributed by atoms with Gasteiger partial charge in [0.2, 0.25) is 5.13 Å². The number of aromatic nitrogens is 3. The van der Waals surface area contributed by atoms with Gasteiger partial charge in [-0.2, -0.15) is 21.9 Å². The zero-order valence-electron chi connectivity index (χ0n) is 17.7. The van der Waals surface area contributed by atoms with Crippen molar-refractivity contribution in [2.45, 2.75) is 21.6 Å². The molecule has 0 radical (unpaired) electrons. The van der Waals surface area contributed by atoms with E-state index in [0.717, 1.165) is 39.6 Å². The highest BCUT2D eigenvalue weighted by Gasteiger charge is 2.24. The molecule has 19 heteroatoms. The van der Waals surface area contributed by atoms with E-state index in [1.54, 1.807) is 18.2 Å². The van der Waals surface area contributed by atoms with Crippen molar-refractivity contribution in [1.82, 2.24) is 14.8 Å². The van der Waals surface area contributed by atoms with Gasteiger partial charge in [0, 0.05) is 4.90 Å². The number of nitrogen functional groups attached to an aromatic ring is 1. The Balaban J connectivity index is 1.74. The average Bonchev–Trinajstić information content (AvgIpc) is 3.33. The topological polar surface area (TPSA) is 229 Å². The van der Waals surface area contributed by atoms with Crippen LogP contribution in [0.1, 0.15) is 5.69 Å². The number of fused-ring (bicyclic) bond motifs is 1. The normalized spacial score (nSPS) is 12.7. The van der Waals surface area contributed by atoms with Crippen molar-refractivity contribution in [1.29, 1.82) is 0 Å². The van der Waals surface area contributed by atoms with E-state index in [1.165, 1.54) is 18.3 Å². The third-order valence-corrected chi connectivity index (χ3v) is 7.79. The molecule has 0 atom stereocenters. The number of thiazole rings is 1. The highest BCUT2D eigenvalue weighted by molar-refractivity contribution is 7.94. The standard InChI is InChI=1S/C17H14N6O9S4/c1-8-15(20-21-17-19-11-6-9(34-32-31-24)2-4-13(11)33-17)16(18)23(22-8)12-7-10(35(25,26)27)3-5-14(12)36(28,29)30/h2-7,24H,18H2,1H3,(H,25,26,27)(H,28,29,30). The molecule has 2 heterocycles. The Hall–Kier alpha value is -3.01. The minimum absolute atomic E-state index is 0.0255. The Labute approximate surface area is 210 Å². The van der Waals surface area contributed by atoms with Gasteiger partial charge in [-0.25, -0.2) is 14.9 Å². The predicted molar refractivity (Wildman–Crippen MR) is 127 cm³/mol. The molecule has 0 fully saturated rings. The summed E-state index contributed by atoms with van der Waals surface area (Å²) < 4.78 is 71.8. The van der Waals surface area contributed by atoms with Crippen LogP contribution >= 0.6 is 23.4 Å². The van der Waals surface area contributed by atoms with Crippen LogP contribution in [0.2, 0.25) is 0 Å². The molecule has 2 aromatic carbocycles. The first kappa shape index (κ1) is 26.1. The molecule has 0 aliphatic carbocycles. The first-order valence-electron chi connectivity index (χ1n) is 9.30. The zero-order valence-corrected chi connectivity index (χ0v) is 21.0. The molecule has 0 aliphatic rings. The minimum atomic E-state index is -4.83. The van der Waals surface area contributed by atoms with Gasteiger partial charge in [0.05, 0.1) is 38.5 Å². The van der Waals surface area contributed by atoms with Crippen molar-refractivity contribution in [2.75, 3.05) is 5.73 Å². The maximum Gasteiger partial charge on any atom is 0.296 e. The van der Waals surface area contributed by atoms with Crippen LogP contribution < -0.4 is 5.73 Å². The number of azo groups is 1. The van der Waals surface area contributed by atoms with Gasteiger partial charge < -0.3 is 5.73 Å². The Morgan fingerprint density at radius 2 is 1.83 bits per heavy atom. The van der Waals surface area contributed by atoms with E-state index in [2.05, 4.69) is 29.7 Å². The van der Waals surface area contributed by atoms with Crippen LogP contribution in [0.15, 0.2) is 61.3 Å². The molecule has 0 saturated heterocycles. The maximum atomic E-state index is 11.9. The predicted octanol–water partition coefficient (Wildman–Crippen LogP) is 3.71. The summed E-state index contributed by atoms with van der Waals surface area (Å²) in [5.41, 5.74) is 6.44. The van der Waals surface area contributed by atoms with Crippen molar-refractivity contribution in [2.24, 2.45) is 10.2 Å². The molecule has 0 unspecified atom stereocenters. The van der Waals surface area contributed by atoms with Crippen LogP contribution in [0.5, 0.6) is 0 Å². The Bertz CT molecular complexity index is 1710. The molecule has 190 valence electrons. The van der Waals surface area contributed by atoms with Gasteiger partial charge in [-0.15, -0.1) is 14.6 Å². The fourth-order valence-electron chi connectivity index (χ4n) is 3.02. The molecule has 4 aromatic rings. The lowest BCUT2D eigenvalue weighted by Crippen LogP contribution is -2.11. The smallest absolute Gasteiger partial charge is 0.296 e. The number of hydrogen-bond donors (Lipinski definition) is 4. The van der Waals surface area contributed by atoms with E-state index in [4.69, 9.17) is 11.0 Å². The molecule has 36 heavy (non-hydrogen) atoms. The number of anilines is 1. The fraction of sp³-hybridized carbons (Fsp3) is 0.0588. The molecule has 5 N–H and O–H groups in total. The van der Waals surface area contributed by atoms with Gasteiger partial charge in [-0.05, 0) is 43.3 Å². The van der Waals surface area contributed by atoms with E-state index in [1.807, 2.05) is 0 Å². The van der Waals surface area contributed by atoms with Crippen molar-refractivity contribution >= 4 is 70.5 Å². The number of aryl methyl sites for hydroxylation is 1. The molecule has 0 bridgehead atoms. The van der Waals surface area contributed by atoms with E-state index in [9.17, 15) is 25.9 Å². The van der Waals surface area contributed by atoms with E-state index in [0.29, 0.717) is 10.4 Å². The number of benzene rings is 2. The third-order valence-electron chi connectivity index (χ3n) is 4.54. The van der Waals surface area contributed by atoms with E-state index >= 15 is 0 Å². The van der Waals surface area contributed by atoms with Gasteiger partial charge in [0.25, 0.3) is 20.2 Å². The van der Waals surface area contributed by atoms with Gasteiger partial charge in [0.15, 0.2) is 11.5 Å². The van der Waals surface area contributed by atoms with Crippen LogP contribution in [0.3, 0.4) is 0 Å². The molecule has 2 aromatic heterocycles. The Morgan fingerprint density at radius 3 is 2.50 bits per heavy atom. The van der Waals surface area contributed by atoms with Crippen molar-refractivity contribution in [3.8, 4) is 5.69 Å². The van der Waals surface area contributed by atoms with Crippen molar-refractivity contribution < 1.29 is 40.6 Å². The molecule has 0 spiro atoms. The van der Waals surface area contributed by atoms with Gasteiger partial charge >= 0.3 is 0 Å². The molecular formula is C17H14N6O9S4. The number of nitrogens with two attached hydrogens (primary N) is 1. The van der Waals surface area contributed by atoms with Crippen LogP contribution in [-0.4, -0.2) is 46.0 Å². The lowest BCUT2D eigenvalue weighted by molar-refractivity contribution is -0.432. The van der Waals surface area contributed by atoms with Crippen molar-refractivity contribution in [3.05, 3.63) is 42.1 Å². The zero-order chi connectivity index (χ0) is 26.3. The second-order valence-corrected chi connectivity index (χ2v) is 11.5. The molecule has 15 nitrogen and oxygen atoms in total. The Kier molecular flexibility index (Phi) is 7.10. The van der Waals surface area contributed by atoms with E-state index in [-0.39, 0.29) is 22.3 Å². The molecule has 0 aliphatic heterocycles. The average molecular weight is 575 g/mol. The molecular weight excluding hydrogens is 560 g/mol. The second kappa shape index (κ2) is 9.80. The monoisotopic (exact) mass is 574 g/mol. The summed E-state index contributed by atoms with van der Waals surface area (Å²) in [6.45, 7) is 1.49. The lowest BCUT2D eigenvalue weighted by atomic mass is 10.3. The Morgan fingerprint density at radius 1 is 1.08 bits per heavy atom. The summed E-state index contributed by atoms with van der Waals surface area (Å²) in [6, 6.07) is 7.48. The minimum Gasteiger partial charge on any atom is -0.382 e. The first-order valence-corrected chi connectivity index (χ1v) is 13.7. The number of rotatable bonds is 8. The summed E-state index contributed by atoms with van der Waals surface area (Å²) >= 11 is 1.96. The fourth-order valence-corrected chi connectivity index (χ4v) is 5.33. The first-order chi connectivity index (χ1) is 16.9. The number of nitrogens with zero attached hydrogens (tertiary/aromatic N) is 5. The van der Waals surface area contributed by atoms with Crippen LogP contribution in [0.4, 0.5) is 16.6 Å². The third kappa shape index (κ3) is 5.38. The SMILES string of the molecule is Cc1nn(-c2cc(S(=O)(=O)O)ccc2S(=O)(=O)O)c(N)c1N=Nc1nc2cc(SOOO)ccc2s1. The van der Waals surface area contributed by atoms with Crippen LogP contribution in [-0.2, 0) is 29.6 Å². The van der Waals surface area contributed by atoms with Crippen molar-refractivity contribution in [3.63, 3.8) is 0 Å². The second-order valence-electron chi connectivity index (χ2n) is 6.86. The summed E-state index contributed by atoms with van der Waals surface area (Å²) in [5.74, 6) is -0.227. The molecule has 4 rings (SSSR count). The maximum absolute atomic E-state index is 11.9. The quantitative estimate of drug-likeness (QED) is 0.0774. The molecule has 0 saturated carbocycles. The summed E-state index contributed by atoms with van der Waals surface area (Å²) in [4.78, 5) is 3.55. The van der Waals surface area contributed by atoms with Gasteiger partial charge in [-0.1, -0.05) is 16.4 Å². The summed E-state index contributed by atoms with van der Waals surface area (Å²) in [5, 5.41) is 24.3. The highest BCUT2D eigenvalue weighted by Crippen LogP contribution is 2.36. The number of hydrogen-bond acceptors (Lipinski definition) is 14. The largest absolute Gasteiger partial charge is 0.382 e. The highest BCUT2D eigenvalue weighted by atomic mass is 32.2. The van der Waals surface area contributed by atoms with Crippen LogP contribution in [0, 0.1) is 6.92 Å². The van der Waals surface area contributed by atoms with Gasteiger partial charge in [0.1, 0.15) is 4.90 Å². The lowest BCUT2D eigenvalue weighted by Gasteiger charge is -2.10. The van der Waals surface area contributed by atoms with E-state index < -0.39 is 35.7 Å². The van der Waals surface area contributed by atoms with Gasteiger partial charge in [-0.3, -0.25) is 9.11 Å². The molecule has 0 amide bonds. The summed E-state index contributed by atoms with van der Waals surface area (Å²) in [6.07, 6.45) is 0. The summed E-state index contributed by atoms with van der Waals surface area (Å²) in [7, 11) is -9.55.